The molecule has 6 rings (SSSR count). The molecule has 19 heteroatoms. The van der Waals surface area contributed by atoms with Crippen molar-refractivity contribution in [2.24, 2.45) is 11.8 Å². The van der Waals surface area contributed by atoms with Crippen molar-refractivity contribution in [1.82, 2.24) is 0 Å². The second kappa shape index (κ2) is 16.1. The van der Waals surface area contributed by atoms with Crippen molar-refractivity contribution in [2.75, 3.05) is 20.3 Å². The van der Waals surface area contributed by atoms with E-state index in [1.54, 1.807) is 12.1 Å². The van der Waals surface area contributed by atoms with Crippen LogP contribution in [-0.2, 0) is 57.0 Å². The topological polar surface area (TPSA) is 268 Å². The average Bonchev–Trinajstić information content (AvgIpc) is 3.80. The SMILES string of the molecule is COc1cc(C=CC(=O)OC[C@]23O[C@H]2[C@@H](O[C@@H]2O[C@@H](C)[C@H](OC(C)=O)[C@@H](O)[C@H]2OC(C)=O)[C@@H]2C=CO[C@@H](O[C@@H]4O[C@H](CO)[C@@H](O)[C@H](O)[C@H]4O)[C@@H]23)ccc1O. The number of benzene rings is 1. The number of ether oxygens (including phenoxy) is 10. The van der Waals surface area contributed by atoms with Crippen LogP contribution in [0.5, 0.6) is 11.5 Å². The van der Waals surface area contributed by atoms with E-state index in [-0.39, 0.29) is 18.1 Å². The van der Waals surface area contributed by atoms with Gasteiger partial charge in [0.1, 0.15) is 48.8 Å². The van der Waals surface area contributed by atoms with Gasteiger partial charge in [0.15, 0.2) is 36.3 Å². The maximum absolute atomic E-state index is 13.0. The number of aromatic hydroxyl groups is 1. The van der Waals surface area contributed by atoms with Crippen molar-refractivity contribution in [3.05, 3.63) is 42.2 Å². The van der Waals surface area contributed by atoms with Gasteiger partial charge in [-0.15, -0.1) is 0 Å². The molecule has 4 aliphatic heterocycles. The van der Waals surface area contributed by atoms with Gasteiger partial charge < -0.3 is 78.0 Å². The van der Waals surface area contributed by atoms with Crippen LogP contribution in [0.15, 0.2) is 36.6 Å². The number of aliphatic hydroxyl groups excluding tert-OH is 5. The summed E-state index contributed by atoms with van der Waals surface area (Å²) in [5, 5.41) is 62.1. The molecule has 16 atom stereocenters. The van der Waals surface area contributed by atoms with Gasteiger partial charge in [-0.2, -0.15) is 0 Å². The van der Waals surface area contributed by atoms with Gasteiger partial charge in [-0.1, -0.05) is 6.07 Å². The van der Waals surface area contributed by atoms with Crippen molar-refractivity contribution in [3.63, 3.8) is 0 Å². The minimum Gasteiger partial charge on any atom is -0.504 e. The number of carbonyl (C=O) groups excluding carboxylic acids is 3. The lowest BCUT2D eigenvalue weighted by Crippen LogP contribution is -2.61. The molecule has 3 saturated heterocycles. The number of epoxide rings is 1. The van der Waals surface area contributed by atoms with E-state index in [4.69, 9.17) is 47.4 Å². The van der Waals surface area contributed by atoms with Gasteiger partial charge in [-0.05, 0) is 36.8 Å². The van der Waals surface area contributed by atoms with E-state index in [1.165, 1.54) is 38.5 Å². The molecule has 54 heavy (non-hydrogen) atoms. The van der Waals surface area contributed by atoms with Crippen molar-refractivity contribution < 1.29 is 92.4 Å². The summed E-state index contributed by atoms with van der Waals surface area (Å²) in [5.74, 6) is -3.70. The number of aliphatic hydroxyl groups is 5. The predicted octanol–water partition coefficient (Wildman–Crippen LogP) is -1.62. The molecule has 0 radical (unpaired) electrons. The minimum atomic E-state index is -1.77. The highest BCUT2D eigenvalue weighted by Gasteiger charge is 2.78. The number of hydrogen-bond donors (Lipinski definition) is 6. The molecule has 1 aromatic carbocycles. The fourth-order valence-electron chi connectivity index (χ4n) is 7.41. The van der Waals surface area contributed by atoms with Crippen molar-refractivity contribution in [1.29, 1.82) is 0 Å². The Bertz CT molecular complexity index is 1600. The normalized spacial score (nSPS) is 40.9. The summed E-state index contributed by atoms with van der Waals surface area (Å²) in [6, 6.07) is 4.46. The first-order valence-electron chi connectivity index (χ1n) is 17.2. The Kier molecular flexibility index (Phi) is 11.8. The van der Waals surface area contributed by atoms with Crippen LogP contribution in [0, 0.1) is 11.8 Å². The number of phenols is 1. The number of rotatable bonds is 12. The molecule has 0 unspecified atom stereocenters. The molecule has 0 amide bonds. The highest BCUT2D eigenvalue weighted by Crippen LogP contribution is 2.61. The lowest BCUT2D eigenvalue weighted by atomic mass is 9.85. The molecule has 0 bridgehead atoms. The van der Waals surface area contributed by atoms with E-state index in [9.17, 15) is 45.0 Å². The molecular formula is C35H44O19. The van der Waals surface area contributed by atoms with Gasteiger partial charge in [0, 0.05) is 25.8 Å². The molecule has 0 aromatic heterocycles. The van der Waals surface area contributed by atoms with E-state index in [0.717, 1.165) is 19.9 Å². The Morgan fingerprint density at radius 1 is 0.889 bits per heavy atom. The Morgan fingerprint density at radius 2 is 1.61 bits per heavy atom. The van der Waals surface area contributed by atoms with Gasteiger partial charge in [0.25, 0.3) is 0 Å². The molecule has 1 aromatic rings. The zero-order valence-corrected chi connectivity index (χ0v) is 29.6. The third kappa shape index (κ3) is 7.79. The summed E-state index contributed by atoms with van der Waals surface area (Å²) < 4.78 is 57.4. The van der Waals surface area contributed by atoms with Crippen molar-refractivity contribution in [2.45, 2.75) is 106 Å². The summed E-state index contributed by atoms with van der Waals surface area (Å²) >= 11 is 0. The van der Waals surface area contributed by atoms with E-state index in [0.29, 0.717) is 5.56 Å². The third-order valence-corrected chi connectivity index (χ3v) is 10.1. The first kappa shape index (κ1) is 39.8. The largest absolute Gasteiger partial charge is 0.504 e. The Hall–Kier alpha value is -3.89. The molecule has 5 aliphatic rings. The molecule has 1 aliphatic carbocycles. The van der Waals surface area contributed by atoms with Crippen LogP contribution in [0.2, 0.25) is 0 Å². The smallest absolute Gasteiger partial charge is 0.330 e. The first-order valence-corrected chi connectivity index (χ1v) is 17.2. The number of methoxy groups -OCH3 is 1. The van der Waals surface area contributed by atoms with Gasteiger partial charge in [0.05, 0.1) is 38.1 Å². The predicted molar refractivity (Wildman–Crippen MR) is 174 cm³/mol. The van der Waals surface area contributed by atoms with Crippen LogP contribution in [0.3, 0.4) is 0 Å². The van der Waals surface area contributed by atoms with Crippen molar-refractivity contribution >= 4 is 24.0 Å². The maximum atomic E-state index is 13.0. The first-order chi connectivity index (χ1) is 25.7. The number of hydrogen-bond acceptors (Lipinski definition) is 19. The standard InChI is InChI=1S/C35H44O19/c1-14-28(49-15(2)37)27(44)30(50-16(3)38)34(48-14)52-29-18-9-10-46-32(53-33-26(43)25(42)24(41)21(12-36)51-33)23(18)35(31(29)54-35)13-47-22(40)8-6-17-5-7-19(39)20(11-17)45-4/h5-11,14,18,21,23-34,36,39,41-44H,12-13H2,1-4H3/t14-,18+,21+,23+,24+,25-,26+,27+,28-,29-,30+,31-,32-,33-,34-,35+/m0/s1. The van der Waals surface area contributed by atoms with Gasteiger partial charge >= 0.3 is 17.9 Å². The van der Waals surface area contributed by atoms with E-state index in [1.807, 2.05) is 0 Å². The average molecular weight is 769 g/mol. The molecule has 4 heterocycles. The quantitative estimate of drug-likeness (QED) is 0.0604. The fraction of sp³-hybridized carbons (Fsp3) is 0.629. The van der Waals surface area contributed by atoms with Gasteiger partial charge in [-0.25, -0.2) is 4.79 Å². The van der Waals surface area contributed by atoms with Crippen LogP contribution in [0.1, 0.15) is 26.3 Å². The Labute approximate surface area is 308 Å². The second-order valence-corrected chi connectivity index (χ2v) is 13.6. The zero-order chi connectivity index (χ0) is 39.1. The summed E-state index contributed by atoms with van der Waals surface area (Å²) in [7, 11) is 1.38. The summed E-state index contributed by atoms with van der Waals surface area (Å²) in [6.07, 6.45) is -12.2. The van der Waals surface area contributed by atoms with E-state index >= 15 is 0 Å². The van der Waals surface area contributed by atoms with Crippen LogP contribution in [0.25, 0.3) is 6.08 Å². The van der Waals surface area contributed by atoms with Crippen molar-refractivity contribution in [3.8, 4) is 11.5 Å². The number of fused-ring (bicyclic) bond motifs is 3. The van der Waals surface area contributed by atoms with Crippen LogP contribution >= 0.6 is 0 Å². The number of phenolic OH excluding ortho intramolecular Hbond substituents is 1. The number of carbonyl (C=O) groups is 3. The molecule has 19 nitrogen and oxygen atoms in total. The second-order valence-electron chi connectivity index (χ2n) is 13.6. The van der Waals surface area contributed by atoms with Gasteiger partial charge in [-0.3, -0.25) is 9.59 Å². The Morgan fingerprint density at radius 3 is 2.30 bits per heavy atom. The van der Waals surface area contributed by atoms with Gasteiger partial charge in [0.2, 0.25) is 6.29 Å². The zero-order valence-electron chi connectivity index (χ0n) is 29.6. The monoisotopic (exact) mass is 768 g/mol. The lowest BCUT2D eigenvalue weighted by molar-refractivity contribution is -0.347. The minimum absolute atomic E-state index is 0.0870. The molecule has 298 valence electrons. The molecule has 0 spiro atoms. The highest BCUT2D eigenvalue weighted by molar-refractivity contribution is 5.87. The summed E-state index contributed by atoms with van der Waals surface area (Å²) in [5.41, 5.74) is -0.837. The van der Waals surface area contributed by atoms with Crippen LogP contribution in [-0.4, -0.2) is 154 Å². The lowest BCUT2D eigenvalue weighted by Gasteiger charge is -2.44. The summed E-state index contributed by atoms with van der Waals surface area (Å²) in [6.45, 7) is 2.72. The highest BCUT2D eigenvalue weighted by atomic mass is 16.8. The maximum Gasteiger partial charge on any atom is 0.330 e. The molecular weight excluding hydrogens is 724 g/mol. The molecule has 4 fully saturated rings. The molecule has 1 saturated carbocycles. The van der Waals surface area contributed by atoms with Crippen LogP contribution < -0.4 is 4.74 Å². The fourth-order valence-corrected chi connectivity index (χ4v) is 7.41. The third-order valence-electron chi connectivity index (χ3n) is 10.1. The van der Waals surface area contributed by atoms with E-state index < -0.39 is 122 Å². The van der Waals surface area contributed by atoms with Crippen LogP contribution in [0.4, 0.5) is 0 Å². The summed E-state index contributed by atoms with van der Waals surface area (Å²) in [4.78, 5) is 36.9. The molecule has 6 N–H and O–H groups in total. The van der Waals surface area contributed by atoms with E-state index in [2.05, 4.69) is 0 Å². The Balaban J connectivity index is 1.25. The number of esters is 3.